The van der Waals surface area contributed by atoms with Crippen molar-refractivity contribution < 1.29 is 14.6 Å². The summed E-state index contributed by atoms with van der Waals surface area (Å²) in [6.45, 7) is 6.54. The molecule has 2 saturated heterocycles. The van der Waals surface area contributed by atoms with Crippen LogP contribution in [-0.4, -0.2) is 86.1 Å². The first-order valence-corrected chi connectivity index (χ1v) is 18.5. The van der Waals surface area contributed by atoms with Crippen molar-refractivity contribution in [2.24, 2.45) is 7.05 Å². The standard InChI is InChI=1S/C40H43ClN8O4/c1-23-19-26-21-42-47(3)38(51)34(26)36(43-23)44-30-10-6-7-27(24(30)2)28-8-5-9-29(35(28)41)31-20-25-11-12-32(33(25)37(45-31)53-4)49-16-14-40(22-49)13-15-48(17-18-50)39(52)46-40/h5-10,19-21,32,50H,11-18,22H2,1-4H3,(H,43,44)(H,46,52)/t32-,40+/m0/s1. The number of urea groups is 1. The number of benzene rings is 2. The Morgan fingerprint density at radius 2 is 1.83 bits per heavy atom. The third-order valence-corrected chi connectivity index (χ3v) is 11.7. The number of carbonyl (C=O) groups is 1. The molecule has 3 aliphatic rings. The van der Waals surface area contributed by atoms with Crippen molar-refractivity contribution in [3.05, 3.63) is 92.5 Å². The van der Waals surface area contributed by atoms with Crippen LogP contribution in [0.25, 0.3) is 33.2 Å². The van der Waals surface area contributed by atoms with Gasteiger partial charge in [-0.25, -0.2) is 19.4 Å². The van der Waals surface area contributed by atoms with E-state index in [0.717, 1.165) is 89.1 Å². The Morgan fingerprint density at radius 1 is 1.06 bits per heavy atom. The second kappa shape index (κ2) is 13.7. The quantitative estimate of drug-likeness (QED) is 0.178. The summed E-state index contributed by atoms with van der Waals surface area (Å²) in [5, 5.41) is 22.0. The summed E-state index contributed by atoms with van der Waals surface area (Å²) in [5.41, 5.74) is 7.73. The monoisotopic (exact) mass is 734 g/mol. The second-order valence-electron chi connectivity index (χ2n) is 14.5. The van der Waals surface area contributed by atoms with Crippen molar-refractivity contribution >= 4 is 39.9 Å². The number of aliphatic hydroxyl groups excluding tert-OH is 1. The summed E-state index contributed by atoms with van der Waals surface area (Å²) in [7, 11) is 3.30. The van der Waals surface area contributed by atoms with E-state index >= 15 is 0 Å². The lowest BCUT2D eigenvalue weighted by Crippen LogP contribution is -2.61. The van der Waals surface area contributed by atoms with Crippen molar-refractivity contribution in [2.75, 3.05) is 45.2 Å². The van der Waals surface area contributed by atoms with Gasteiger partial charge in [-0.2, -0.15) is 5.10 Å². The van der Waals surface area contributed by atoms with Crippen LogP contribution in [0.4, 0.5) is 16.3 Å². The van der Waals surface area contributed by atoms with Crippen molar-refractivity contribution in [3.8, 4) is 28.3 Å². The summed E-state index contributed by atoms with van der Waals surface area (Å²) in [6, 6.07) is 16.0. The first kappa shape index (κ1) is 35.0. The first-order valence-electron chi connectivity index (χ1n) is 18.1. The summed E-state index contributed by atoms with van der Waals surface area (Å²) in [4.78, 5) is 39.8. The van der Waals surface area contributed by atoms with E-state index in [4.69, 9.17) is 26.3 Å². The van der Waals surface area contributed by atoms with E-state index < -0.39 is 0 Å². The molecule has 2 aromatic carbocycles. The van der Waals surface area contributed by atoms with Gasteiger partial charge in [-0.1, -0.05) is 41.9 Å². The minimum Gasteiger partial charge on any atom is -0.481 e. The average Bonchev–Trinajstić information content (AvgIpc) is 3.76. The SMILES string of the molecule is COc1nc(-c2cccc(-c3cccc(Nc4nc(C)cc5cnn(C)c(=O)c45)c3C)c2Cl)cc2c1[C@@H](N1CC[C@]3(CCN(CCO)C(=O)N3)C1)CC2. The molecule has 13 heteroatoms. The number of fused-ring (bicyclic) bond motifs is 2. The molecule has 2 aliphatic heterocycles. The minimum absolute atomic E-state index is 0.0349. The molecule has 5 heterocycles. The molecule has 5 aromatic rings. The van der Waals surface area contributed by atoms with Gasteiger partial charge in [0.05, 0.1) is 41.6 Å². The number of amides is 2. The predicted molar refractivity (Wildman–Crippen MR) is 206 cm³/mol. The number of rotatable bonds is 8. The number of aromatic nitrogens is 4. The number of carbonyl (C=O) groups excluding carboxylic acids is 1. The summed E-state index contributed by atoms with van der Waals surface area (Å²) >= 11 is 7.28. The summed E-state index contributed by atoms with van der Waals surface area (Å²) in [6.07, 6.45) is 5.25. The number of ether oxygens (including phenoxy) is 1. The molecule has 3 aromatic heterocycles. The second-order valence-corrected chi connectivity index (χ2v) is 14.8. The Balaban J connectivity index is 1.09. The summed E-state index contributed by atoms with van der Waals surface area (Å²) < 4.78 is 7.30. The van der Waals surface area contributed by atoms with Gasteiger partial charge in [-0.05, 0) is 74.4 Å². The fourth-order valence-electron chi connectivity index (χ4n) is 8.48. The van der Waals surface area contributed by atoms with Crippen LogP contribution < -0.4 is 20.9 Å². The molecule has 12 nitrogen and oxygen atoms in total. The number of likely N-dealkylation sites (tertiary alicyclic amines) is 1. The highest BCUT2D eigenvalue weighted by molar-refractivity contribution is 6.36. The van der Waals surface area contributed by atoms with Crippen LogP contribution in [0.15, 0.2) is 59.5 Å². The van der Waals surface area contributed by atoms with Crippen molar-refractivity contribution in [1.82, 2.24) is 34.9 Å². The molecule has 3 N–H and O–H groups in total. The van der Waals surface area contributed by atoms with Gasteiger partial charge in [-0.3, -0.25) is 9.69 Å². The third-order valence-electron chi connectivity index (χ3n) is 11.2. The number of pyridine rings is 2. The number of halogens is 1. The van der Waals surface area contributed by atoms with Gasteiger partial charge in [0.2, 0.25) is 5.88 Å². The Bertz CT molecular complexity index is 2330. The molecule has 8 rings (SSSR count). The molecule has 274 valence electrons. The van der Waals surface area contributed by atoms with Gasteiger partial charge in [0.1, 0.15) is 5.82 Å². The molecule has 2 amide bonds. The Labute approximate surface area is 312 Å². The Morgan fingerprint density at radius 3 is 2.62 bits per heavy atom. The van der Waals surface area contributed by atoms with Crippen LogP contribution in [0, 0.1) is 13.8 Å². The van der Waals surface area contributed by atoms with Gasteiger partial charge >= 0.3 is 6.03 Å². The van der Waals surface area contributed by atoms with E-state index in [1.807, 2.05) is 56.3 Å². The molecule has 0 radical (unpaired) electrons. The molecule has 0 saturated carbocycles. The number of nitrogens with zero attached hydrogens (tertiary/aromatic N) is 6. The van der Waals surface area contributed by atoms with Crippen LogP contribution >= 0.6 is 11.6 Å². The topological polar surface area (TPSA) is 138 Å². The fourth-order valence-corrected chi connectivity index (χ4v) is 8.80. The van der Waals surface area contributed by atoms with Crippen molar-refractivity contribution in [1.29, 1.82) is 0 Å². The number of methoxy groups -OCH3 is 1. The number of hydrogen-bond acceptors (Lipinski definition) is 9. The molecule has 2 fully saturated rings. The number of hydrogen-bond donors (Lipinski definition) is 3. The maximum atomic E-state index is 13.1. The van der Waals surface area contributed by atoms with E-state index in [2.05, 4.69) is 26.7 Å². The van der Waals surface area contributed by atoms with E-state index in [1.54, 1.807) is 25.3 Å². The number of aliphatic hydroxyl groups is 1. The van der Waals surface area contributed by atoms with Gasteiger partial charge in [0.25, 0.3) is 5.56 Å². The van der Waals surface area contributed by atoms with Gasteiger partial charge < -0.3 is 25.4 Å². The van der Waals surface area contributed by atoms with E-state index in [-0.39, 0.29) is 29.8 Å². The maximum absolute atomic E-state index is 13.1. The van der Waals surface area contributed by atoms with Crippen LogP contribution in [0.3, 0.4) is 0 Å². The summed E-state index contributed by atoms with van der Waals surface area (Å²) in [5.74, 6) is 1.08. The van der Waals surface area contributed by atoms with Crippen LogP contribution in [0.2, 0.25) is 5.02 Å². The minimum atomic E-state index is -0.260. The molecule has 1 spiro atoms. The largest absolute Gasteiger partial charge is 0.481 e. The molecule has 0 bridgehead atoms. The maximum Gasteiger partial charge on any atom is 0.317 e. The van der Waals surface area contributed by atoms with Crippen molar-refractivity contribution in [2.45, 2.75) is 51.1 Å². The van der Waals surface area contributed by atoms with Crippen LogP contribution in [0.1, 0.15) is 47.7 Å². The smallest absolute Gasteiger partial charge is 0.317 e. The zero-order chi connectivity index (χ0) is 37.0. The van der Waals surface area contributed by atoms with E-state index in [1.165, 1.54) is 10.2 Å². The molecule has 53 heavy (non-hydrogen) atoms. The van der Waals surface area contributed by atoms with E-state index in [0.29, 0.717) is 35.2 Å². The van der Waals surface area contributed by atoms with Gasteiger partial charge in [0, 0.05) is 72.7 Å². The molecular formula is C40H43ClN8O4. The lowest BCUT2D eigenvalue weighted by molar-refractivity contribution is 0.127. The number of aryl methyl sites for hydroxylation is 3. The number of anilines is 2. The van der Waals surface area contributed by atoms with E-state index in [9.17, 15) is 14.7 Å². The zero-order valence-corrected chi connectivity index (χ0v) is 31.1. The molecule has 1 aliphatic carbocycles. The van der Waals surface area contributed by atoms with Crippen LogP contribution in [-0.2, 0) is 13.5 Å². The number of β-amino-alcohol motifs (C(OH)–C–C–N with tert-alkyl or cyclic N) is 1. The lowest BCUT2D eigenvalue weighted by Gasteiger charge is -2.40. The number of nitrogens with one attached hydrogen (secondary N) is 2. The third kappa shape index (κ3) is 6.18. The zero-order valence-electron chi connectivity index (χ0n) is 30.4. The normalized spacial score (nSPS) is 19.9. The lowest BCUT2D eigenvalue weighted by atomic mass is 9.92. The van der Waals surface area contributed by atoms with Crippen LogP contribution in [0.5, 0.6) is 5.88 Å². The highest BCUT2D eigenvalue weighted by Gasteiger charge is 2.46. The fraction of sp³-hybridized carbons (Fsp3) is 0.375. The average molecular weight is 735 g/mol. The molecule has 0 unspecified atom stereocenters. The van der Waals surface area contributed by atoms with Gasteiger partial charge in [-0.15, -0.1) is 0 Å². The first-order chi connectivity index (χ1) is 25.6. The highest BCUT2D eigenvalue weighted by Crippen LogP contribution is 2.47. The van der Waals surface area contributed by atoms with Gasteiger partial charge in [0.15, 0.2) is 0 Å². The Hall–Kier alpha value is -5.04. The predicted octanol–water partition coefficient (Wildman–Crippen LogP) is 5.92. The highest BCUT2D eigenvalue weighted by atomic mass is 35.5. The molecular weight excluding hydrogens is 692 g/mol. The molecule has 2 atom stereocenters. The Kier molecular flexibility index (Phi) is 9.08. The van der Waals surface area contributed by atoms with Crippen molar-refractivity contribution in [3.63, 3.8) is 0 Å².